The van der Waals surface area contributed by atoms with E-state index in [1.807, 2.05) is 0 Å². The zero-order valence-corrected chi connectivity index (χ0v) is 10.5. The third kappa shape index (κ3) is 3.71. The van der Waals surface area contributed by atoms with E-state index in [0.29, 0.717) is 5.92 Å². The maximum atomic E-state index is 11.8. The Morgan fingerprint density at radius 1 is 1.12 bits per heavy atom. The molecule has 0 spiro atoms. The van der Waals surface area contributed by atoms with Crippen LogP contribution < -0.4 is 10.5 Å². The molecule has 2 saturated carbocycles. The van der Waals surface area contributed by atoms with Crippen LogP contribution in [-0.2, 0) is 10.0 Å². The summed E-state index contributed by atoms with van der Waals surface area (Å²) in [6.07, 6.45) is 7.28. The highest BCUT2D eigenvalue weighted by Gasteiger charge is 2.28. The molecule has 0 heterocycles. The van der Waals surface area contributed by atoms with Gasteiger partial charge in [0.25, 0.3) is 0 Å². The molecule has 16 heavy (non-hydrogen) atoms. The van der Waals surface area contributed by atoms with Crippen molar-refractivity contribution in [3.05, 3.63) is 0 Å². The fourth-order valence-corrected chi connectivity index (χ4v) is 3.84. The summed E-state index contributed by atoms with van der Waals surface area (Å²) < 4.78 is 26.4. The Morgan fingerprint density at radius 3 is 2.44 bits per heavy atom. The largest absolute Gasteiger partial charge is 0.326 e. The Kier molecular flexibility index (Phi) is 3.87. The summed E-state index contributed by atoms with van der Waals surface area (Å²) in [6, 6.07) is -0.0256. The van der Waals surface area contributed by atoms with Crippen LogP contribution in [0.1, 0.15) is 44.9 Å². The highest BCUT2D eigenvalue weighted by atomic mass is 32.2. The molecule has 4 nitrogen and oxygen atoms in total. The molecule has 0 aromatic rings. The first-order valence-corrected chi connectivity index (χ1v) is 7.97. The van der Waals surface area contributed by atoms with Gasteiger partial charge in [-0.05, 0) is 25.2 Å². The predicted octanol–water partition coefficient (Wildman–Crippen LogP) is 0.976. The van der Waals surface area contributed by atoms with Crippen LogP contribution in [0.5, 0.6) is 0 Å². The highest BCUT2D eigenvalue weighted by molar-refractivity contribution is 7.89. The van der Waals surface area contributed by atoms with Gasteiger partial charge in [-0.15, -0.1) is 0 Å². The van der Waals surface area contributed by atoms with Crippen LogP contribution in [0.15, 0.2) is 0 Å². The third-order valence-electron chi connectivity index (χ3n) is 3.64. The van der Waals surface area contributed by atoms with Crippen molar-refractivity contribution in [2.24, 2.45) is 11.7 Å². The fourth-order valence-electron chi connectivity index (χ4n) is 2.32. The van der Waals surface area contributed by atoms with Crippen LogP contribution in [0.25, 0.3) is 0 Å². The molecule has 2 aliphatic carbocycles. The van der Waals surface area contributed by atoms with Crippen molar-refractivity contribution in [1.82, 2.24) is 4.72 Å². The Balaban J connectivity index is 1.80. The highest BCUT2D eigenvalue weighted by Crippen LogP contribution is 2.32. The Hall–Kier alpha value is -0.130. The molecule has 2 rings (SSSR count). The molecular weight excluding hydrogens is 224 g/mol. The van der Waals surface area contributed by atoms with Gasteiger partial charge in [-0.2, -0.15) is 0 Å². The van der Waals surface area contributed by atoms with E-state index in [2.05, 4.69) is 4.72 Å². The molecule has 0 unspecified atom stereocenters. The lowest BCUT2D eigenvalue weighted by molar-refractivity contribution is 0.361. The van der Waals surface area contributed by atoms with Gasteiger partial charge in [-0.25, -0.2) is 13.1 Å². The van der Waals surface area contributed by atoms with Crippen LogP contribution >= 0.6 is 0 Å². The van der Waals surface area contributed by atoms with E-state index in [-0.39, 0.29) is 17.8 Å². The second-order valence-corrected chi connectivity index (χ2v) is 7.10. The number of hydrogen-bond acceptors (Lipinski definition) is 3. The van der Waals surface area contributed by atoms with Crippen LogP contribution in [0.4, 0.5) is 0 Å². The lowest BCUT2D eigenvalue weighted by Gasteiger charge is -2.29. The molecule has 0 saturated heterocycles. The van der Waals surface area contributed by atoms with Gasteiger partial charge in [-0.3, -0.25) is 0 Å². The van der Waals surface area contributed by atoms with E-state index in [4.69, 9.17) is 5.73 Å². The molecule has 3 N–H and O–H groups in total. The van der Waals surface area contributed by atoms with E-state index < -0.39 is 10.0 Å². The molecule has 2 aliphatic rings. The van der Waals surface area contributed by atoms with Gasteiger partial charge in [-0.1, -0.05) is 25.7 Å². The molecule has 0 aliphatic heterocycles. The van der Waals surface area contributed by atoms with Gasteiger partial charge < -0.3 is 5.73 Å². The van der Waals surface area contributed by atoms with Crippen LogP contribution in [-0.4, -0.2) is 26.3 Å². The maximum Gasteiger partial charge on any atom is 0.211 e. The quantitative estimate of drug-likeness (QED) is 0.759. The third-order valence-corrected chi connectivity index (χ3v) is 5.08. The van der Waals surface area contributed by atoms with Crippen molar-refractivity contribution >= 4 is 10.0 Å². The van der Waals surface area contributed by atoms with Crippen LogP contribution in [0.3, 0.4) is 0 Å². The van der Waals surface area contributed by atoms with E-state index in [1.165, 1.54) is 12.8 Å². The standard InChI is InChI=1S/C11H22N2O2S/c12-10-3-1-2-4-11(10)13-16(14,15)8-7-9-5-6-9/h9-11,13H,1-8,12H2/t10-,11-/m1/s1. The van der Waals surface area contributed by atoms with E-state index >= 15 is 0 Å². The Labute approximate surface area is 98.0 Å². The monoisotopic (exact) mass is 246 g/mol. The van der Waals surface area contributed by atoms with Gasteiger partial charge in [0, 0.05) is 12.1 Å². The average Bonchev–Trinajstić information content (AvgIpc) is 3.02. The lowest BCUT2D eigenvalue weighted by atomic mass is 9.92. The van der Waals surface area contributed by atoms with E-state index in [9.17, 15) is 8.42 Å². The first kappa shape index (κ1) is 12.3. The summed E-state index contributed by atoms with van der Waals surface area (Å²) in [5.41, 5.74) is 5.93. The normalized spacial score (nSPS) is 31.6. The molecule has 0 radical (unpaired) electrons. The molecule has 0 amide bonds. The minimum absolute atomic E-state index is 0.00412. The van der Waals surface area contributed by atoms with Gasteiger partial charge >= 0.3 is 0 Å². The molecule has 0 aromatic carbocycles. The van der Waals surface area contributed by atoms with Crippen molar-refractivity contribution in [3.8, 4) is 0 Å². The topological polar surface area (TPSA) is 72.2 Å². The van der Waals surface area contributed by atoms with Gasteiger partial charge in [0.05, 0.1) is 5.75 Å². The fraction of sp³-hybridized carbons (Fsp3) is 1.00. The molecule has 94 valence electrons. The van der Waals surface area contributed by atoms with E-state index in [1.54, 1.807) is 0 Å². The maximum absolute atomic E-state index is 11.8. The summed E-state index contributed by atoms with van der Waals surface area (Å²) in [7, 11) is -3.10. The SMILES string of the molecule is N[C@@H]1CCCC[C@H]1NS(=O)(=O)CCC1CC1. The van der Waals surface area contributed by atoms with Gasteiger partial charge in [0.15, 0.2) is 0 Å². The minimum atomic E-state index is -3.10. The van der Waals surface area contributed by atoms with Crippen LogP contribution in [0, 0.1) is 5.92 Å². The average molecular weight is 246 g/mol. The van der Waals surface area contributed by atoms with Crippen molar-refractivity contribution in [1.29, 1.82) is 0 Å². The molecule has 2 fully saturated rings. The van der Waals surface area contributed by atoms with Gasteiger partial charge in [0.2, 0.25) is 10.0 Å². The van der Waals surface area contributed by atoms with Gasteiger partial charge in [0.1, 0.15) is 0 Å². The molecule has 5 heteroatoms. The summed E-state index contributed by atoms with van der Waals surface area (Å²) in [4.78, 5) is 0. The van der Waals surface area contributed by atoms with E-state index in [0.717, 1.165) is 32.1 Å². The van der Waals surface area contributed by atoms with Crippen molar-refractivity contribution in [2.45, 2.75) is 57.0 Å². The summed E-state index contributed by atoms with van der Waals surface area (Å²) in [5, 5.41) is 0. The predicted molar refractivity (Wildman–Crippen MR) is 64.5 cm³/mol. The molecular formula is C11H22N2O2S. The second-order valence-electron chi connectivity index (χ2n) is 5.22. The van der Waals surface area contributed by atoms with Crippen LogP contribution in [0.2, 0.25) is 0 Å². The van der Waals surface area contributed by atoms with Crippen molar-refractivity contribution < 1.29 is 8.42 Å². The Morgan fingerprint density at radius 2 is 1.81 bits per heavy atom. The molecule has 0 aromatic heterocycles. The number of hydrogen-bond donors (Lipinski definition) is 2. The Bertz CT molecular complexity index is 325. The summed E-state index contributed by atoms with van der Waals surface area (Å²) >= 11 is 0. The minimum Gasteiger partial charge on any atom is -0.326 e. The first-order chi connectivity index (χ1) is 7.57. The second kappa shape index (κ2) is 5.02. The smallest absolute Gasteiger partial charge is 0.211 e. The first-order valence-electron chi connectivity index (χ1n) is 6.32. The zero-order valence-electron chi connectivity index (χ0n) is 9.69. The lowest BCUT2D eigenvalue weighted by Crippen LogP contribution is -2.49. The number of nitrogens with two attached hydrogens (primary N) is 1. The summed E-state index contributed by atoms with van der Waals surface area (Å²) in [6.45, 7) is 0. The number of rotatable bonds is 5. The van der Waals surface area contributed by atoms with Crippen molar-refractivity contribution in [2.75, 3.05) is 5.75 Å². The van der Waals surface area contributed by atoms with Crippen molar-refractivity contribution in [3.63, 3.8) is 0 Å². The zero-order chi connectivity index (χ0) is 11.6. The molecule has 2 atom stereocenters. The summed E-state index contributed by atoms with van der Waals surface area (Å²) in [5.74, 6) is 0.942. The number of sulfonamides is 1. The number of nitrogens with one attached hydrogen (secondary N) is 1. The molecule has 0 bridgehead atoms.